The van der Waals surface area contributed by atoms with Gasteiger partial charge in [-0.15, -0.1) is 0 Å². The third-order valence-corrected chi connectivity index (χ3v) is 3.30. The van der Waals surface area contributed by atoms with Crippen molar-refractivity contribution >= 4 is 39.1 Å². The van der Waals surface area contributed by atoms with Crippen LogP contribution in [-0.2, 0) is 0 Å². The van der Waals surface area contributed by atoms with Crippen LogP contribution in [0.15, 0.2) is 46.9 Å². The molecule has 2 nitrogen and oxygen atoms in total. The first-order valence-electron chi connectivity index (χ1n) is 5.47. The lowest BCUT2D eigenvalue weighted by atomic mass is 10.2. The van der Waals surface area contributed by atoms with E-state index in [0.29, 0.717) is 15.1 Å². The number of carbonyl (C=O) groups excluding carboxylic acids is 1. The summed E-state index contributed by atoms with van der Waals surface area (Å²) in [7, 11) is 1.52. The Kier molecular flexibility index (Phi) is 4.22. The Morgan fingerprint density at radius 3 is 2.58 bits per heavy atom. The third kappa shape index (κ3) is 3.14. The topological polar surface area (TPSA) is 20.3 Å². The van der Waals surface area contributed by atoms with Gasteiger partial charge in [-0.2, -0.15) is 0 Å². The molecule has 0 aliphatic rings. The number of para-hydroxylation sites is 1. The first kappa shape index (κ1) is 14.0. The number of hydrogen-bond donors (Lipinski definition) is 0. The molecule has 0 aromatic heterocycles. The van der Waals surface area contributed by atoms with Gasteiger partial charge in [0.2, 0.25) is 0 Å². The van der Waals surface area contributed by atoms with Crippen molar-refractivity contribution < 1.29 is 9.18 Å². The number of hydrogen-bond acceptors (Lipinski definition) is 1. The van der Waals surface area contributed by atoms with Crippen molar-refractivity contribution in [2.75, 3.05) is 11.9 Å². The van der Waals surface area contributed by atoms with Gasteiger partial charge in [0.1, 0.15) is 5.82 Å². The molecule has 2 rings (SSSR count). The summed E-state index contributed by atoms with van der Waals surface area (Å²) in [5.41, 5.74) is 0.619. The zero-order chi connectivity index (χ0) is 14.0. The van der Waals surface area contributed by atoms with E-state index in [1.165, 1.54) is 18.0 Å². The van der Waals surface area contributed by atoms with E-state index in [-0.39, 0.29) is 11.6 Å². The lowest BCUT2D eigenvalue weighted by Gasteiger charge is -2.18. The molecule has 0 atom stereocenters. The molecule has 0 heterocycles. The molecule has 0 spiro atoms. The van der Waals surface area contributed by atoms with E-state index in [0.717, 1.165) is 0 Å². The van der Waals surface area contributed by atoms with Crippen molar-refractivity contribution in [3.63, 3.8) is 0 Å². The molecule has 1 amide bonds. The molecule has 0 unspecified atom stereocenters. The highest BCUT2D eigenvalue weighted by molar-refractivity contribution is 9.10. The second kappa shape index (κ2) is 5.72. The molecular weight excluding hydrogens is 333 g/mol. The van der Waals surface area contributed by atoms with Crippen LogP contribution in [0.2, 0.25) is 5.02 Å². The zero-order valence-electron chi connectivity index (χ0n) is 10.0. The van der Waals surface area contributed by atoms with Gasteiger partial charge >= 0.3 is 0 Å². The number of halogens is 3. The van der Waals surface area contributed by atoms with Gasteiger partial charge in [-0.3, -0.25) is 4.79 Å². The normalized spacial score (nSPS) is 10.3. The molecule has 2 aromatic rings. The Hall–Kier alpha value is -1.39. The van der Waals surface area contributed by atoms with Gasteiger partial charge < -0.3 is 4.90 Å². The predicted octanol–water partition coefficient (Wildman–Crippen LogP) is 4.52. The molecule has 0 saturated carbocycles. The summed E-state index contributed by atoms with van der Waals surface area (Å²) < 4.78 is 14.3. The summed E-state index contributed by atoms with van der Waals surface area (Å²) in [6.45, 7) is 0. The summed E-state index contributed by atoms with van der Waals surface area (Å²) in [4.78, 5) is 13.5. The molecule has 0 bridgehead atoms. The van der Waals surface area contributed by atoms with Crippen LogP contribution in [0, 0.1) is 5.82 Å². The minimum absolute atomic E-state index is 0.226. The number of amides is 1. The molecule has 2 aromatic carbocycles. The highest BCUT2D eigenvalue weighted by atomic mass is 79.9. The molecule has 0 N–H and O–H groups in total. The van der Waals surface area contributed by atoms with E-state index < -0.39 is 5.82 Å². The Morgan fingerprint density at radius 1 is 1.26 bits per heavy atom. The number of nitrogens with zero attached hydrogens (tertiary/aromatic N) is 1. The second-order valence-corrected chi connectivity index (χ2v) is 5.33. The van der Waals surface area contributed by atoms with Gasteiger partial charge in [0.15, 0.2) is 0 Å². The average molecular weight is 343 g/mol. The van der Waals surface area contributed by atoms with Crippen molar-refractivity contribution in [1.82, 2.24) is 0 Å². The van der Waals surface area contributed by atoms with E-state index in [2.05, 4.69) is 15.9 Å². The van der Waals surface area contributed by atoms with Crippen molar-refractivity contribution in [3.8, 4) is 0 Å². The monoisotopic (exact) mass is 341 g/mol. The maximum absolute atomic E-state index is 13.6. The molecular formula is C14H10BrClFNO. The zero-order valence-corrected chi connectivity index (χ0v) is 12.4. The number of rotatable bonds is 2. The molecule has 0 aliphatic heterocycles. The van der Waals surface area contributed by atoms with Gasteiger partial charge in [0, 0.05) is 22.1 Å². The SMILES string of the molecule is CN(C(=O)c1cc(Cl)cc(Br)c1)c1ccccc1F. The van der Waals surface area contributed by atoms with Crippen LogP contribution in [0.5, 0.6) is 0 Å². The Labute approximate surface area is 123 Å². The number of carbonyl (C=O) groups is 1. The summed E-state index contributed by atoms with van der Waals surface area (Å²) in [5, 5.41) is 0.444. The van der Waals surface area contributed by atoms with Crippen LogP contribution in [0.3, 0.4) is 0 Å². The van der Waals surface area contributed by atoms with E-state index in [1.54, 1.807) is 36.4 Å². The molecule has 0 saturated heterocycles. The fourth-order valence-electron chi connectivity index (χ4n) is 1.70. The van der Waals surface area contributed by atoms with Gasteiger partial charge in [0.05, 0.1) is 5.69 Å². The summed E-state index contributed by atoms with van der Waals surface area (Å²) in [6, 6.07) is 11.0. The molecule has 19 heavy (non-hydrogen) atoms. The Bertz CT molecular complexity index is 612. The van der Waals surface area contributed by atoms with Gasteiger partial charge in [-0.25, -0.2) is 4.39 Å². The van der Waals surface area contributed by atoms with Crippen molar-refractivity contribution in [1.29, 1.82) is 0 Å². The van der Waals surface area contributed by atoms with Crippen molar-refractivity contribution in [2.45, 2.75) is 0 Å². The Morgan fingerprint density at radius 2 is 1.95 bits per heavy atom. The number of anilines is 1. The Balaban J connectivity index is 2.36. The van der Waals surface area contributed by atoms with Gasteiger partial charge in [-0.1, -0.05) is 39.7 Å². The lowest BCUT2D eigenvalue weighted by Crippen LogP contribution is -2.27. The minimum atomic E-state index is -0.445. The highest BCUT2D eigenvalue weighted by Crippen LogP contribution is 2.23. The summed E-state index contributed by atoms with van der Waals surface area (Å²) >= 11 is 9.17. The number of benzene rings is 2. The van der Waals surface area contributed by atoms with Crippen molar-refractivity contribution in [3.05, 3.63) is 63.3 Å². The maximum atomic E-state index is 13.6. The van der Waals surface area contributed by atoms with Crippen LogP contribution in [0.25, 0.3) is 0 Å². The van der Waals surface area contributed by atoms with E-state index >= 15 is 0 Å². The molecule has 0 aliphatic carbocycles. The first-order chi connectivity index (χ1) is 8.99. The van der Waals surface area contributed by atoms with E-state index in [1.807, 2.05) is 0 Å². The predicted molar refractivity (Wildman–Crippen MR) is 78.3 cm³/mol. The molecule has 0 radical (unpaired) electrons. The molecule has 98 valence electrons. The molecule has 0 fully saturated rings. The average Bonchev–Trinajstić information content (AvgIpc) is 2.36. The van der Waals surface area contributed by atoms with Crippen LogP contribution in [-0.4, -0.2) is 13.0 Å². The van der Waals surface area contributed by atoms with E-state index in [4.69, 9.17) is 11.6 Å². The van der Waals surface area contributed by atoms with Gasteiger partial charge in [-0.05, 0) is 30.3 Å². The summed E-state index contributed by atoms with van der Waals surface area (Å²) in [5.74, 6) is -0.771. The fourth-order valence-corrected chi connectivity index (χ4v) is 2.56. The summed E-state index contributed by atoms with van der Waals surface area (Å²) in [6.07, 6.45) is 0. The van der Waals surface area contributed by atoms with Crippen LogP contribution >= 0.6 is 27.5 Å². The second-order valence-electron chi connectivity index (χ2n) is 3.97. The molecule has 5 heteroatoms. The van der Waals surface area contributed by atoms with Crippen LogP contribution in [0.1, 0.15) is 10.4 Å². The van der Waals surface area contributed by atoms with Crippen molar-refractivity contribution in [2.24, 2.45) is 0 Å². The standard InChI is InChI=1S/C14H10BrClFNO/c1-18(13-5-3-2-4-12(13)17)14(19)9-6-10(15)8-11(16)7-9/h2-8H,1H3. The minimum Gasteiger partial charge on any atom is -0.309 e. The van der Waals surface area contributed by atoms with Gasteiger partial charge in [0.25, 0.3) is 5.91 Å². The lowest BCUT2D eigenvalue weighted by molar-refractivity contribution is 0.0992. The highest BCUT2D eigenvalue weighted by Gasteiger charge is 2.17. The van der Waals surface area contributed by atoms with Crippen LogP contribution < -0.4 is 4.90 Å². The fraction of sp³-hybridized carbons (Fsp3) is 0.0714. The largest absolute Gasteiger partial charge is 0.309 e. The smallest absolute Gasteiger partial charge is 0.258 e. The maximum Gasteiger partial charge on any atom is 0.258 e. The first-order valence-corrected chi connectivity index (χ1v) is 6.65. The third-order valence-electron chi connectivity index (χ3n) is 2.63. The van der Waals surface area contributed by atoms with E-state index in [9.17, 15) is 9.18 Å². The quantitative estimate of drug-likeness (QED) is 0.786. The van der Waals surface area contributed by atoms with Crippen LogP contribution in [0.4, 0.5) is 10.1 Å².